The highest BCUT2D eigenvalue weighted by Gasteiger charge is 2.24. The number of nitrogens with one attached hydrogen (secondary N) is 1. The van der Waals surface area contributed by atoms with E-state index in [-0.39, 0.29) is 12.5 Å². The van der Waals surface area contributed by atoms with E-state index in [0.29, 0.717) is 6.08 Å². The van der Waals surface area contributed by atoms with Crippen molar-refractivity contribution in [1.29, 1.82) is 0 Å². The fourth-order valence-corrected chi connectivity index (χ4v) is 1.08. The van der Waals surface area contributed by atoms with Gasteiger partial charge in [0.1, 0.15) is 6.04 Å². The Morgan fingerprint density at radius 3 is 2.29 bits per heavy atom. The van der Waals surface area contributed by atoms with Crippen molar-refractivity contribution in [2.24, 2.45) is 5.92 Å². The molecule has 6 nitrogen and oxygen atoms in total. The van der Waals surface area contributed by atoms with Crippen molar-refractivity contribution in [1.82, 2.24) is 5.32 Å². The van der Waals surface area contributed by atoms with Gasteiger partial charge in [0.2, 0.25) is 5.91 Å². The number of carboxylic acids is 1. The van der Waals surface area contributed by atoms with Gasteiger partial charge in [0.05, 0.1) is 6.61 Å². The average molecular weight is 243 g/mol. The van der Waals surface area contributed by atoms with E-state index in [2.05, 4.69) is 5.32 Å². The molecule has 2 N–H and O–H groups in total. The Morgan fingerprint density at radius 1 is 1.29 bits per heavy atom. The third-order valence-corrected chi connectivity index (χ3v) is 1.88. The summed E-state index contributed by atoms with van der Waals surface area (Å²) in [5, 5.41) is 10.7. The van der Waals surface area contributed by atoms with E-state index >= 15 is 0 Å². The van der Waals surface area contributed by atoms with Crippen molar-refractivity contribution in [2.45, 2.75) is 26.8 Å². The highest BCUT2D eigenvalue weighted by Crippen LogP contribution is 2.04. The summed E-state index contributed by atoms with van der Waals surface area (Å²) in [6.45, 7) is 5.40. The number of ether oxygens (including phenoxy) is 1. The van der Waals surface area contributed by atoms with Crippen molar-refractivity contribution >= 4 is 17.8 Å². The van der Waals surface area contributed by atoms with Gasteiger partial charge in [-0.3, -0.25) is 4.79 Å². The van der Waals surface area contributed by atoms with E-state index in [1.807, 2.05) is 0 Å². The molecule has 0 spiro atoms. The minimum absolute atomic E-state index is 0.142. The summed E-state index contributed by atoms with van der Waals surface area (Å²) in [5.41, 5.74) is 0. The number of esters is 1. The SMILES string of the molecule is CCOC(=O)[C@@H](NC(=O)/C=C\C(=O)O)C(C)C. The molecule has 1 amide bonds. The number of hydrogen-bond acceptors (Lipinski definition) is 4. The Balaban J connectivity index is 4.50. The molecule has 0 saturated carbocycles. The van der Waals surface area contributed by atoms with Gasteiger partial charge in [0, 0.05) is 12.2 Å². The number of carboxylic acid groups (broad SMARTS) is 1. The standard InChI is InChI=1S/C11H17NO5/c1-4-17-11(16)10(7(2)3)12-8(13)5-6-9(14)15/h5-7,10H,4H2,1-3H3,(H,12,13)(H,14,15)/b6-5-/t10-/m0/s1. The summed E-state index contributed by atoms with van der Waals surface area (Å²) in [4.78, 5) is 33.0. The smallest absolute Gasteiger partial charge is 0.328 e. The summed E-state index contributed by atoms with van der Waals surface area (Å²) < 4.78 is 4.80. The van der Waals surface area contributed by atoms with Crippen LogP contribution in [0, 0.1) is 5.92 Å². The van der Waals surface area contributed by atoms with E-state index in [0.717, 1.165) is 6.08 Å². The lowest BCUT2D eigenvalue weighted by molar-refractivity contribution is -0.148. The third-order valence-electron chi connectivity index (χ3n) is 1.88. The fourth-order valence-electron chi connectivity index (χ4n) is 1.08. The summed E-state index contributed by atoms with van der Waals surface area (Å²) in [6, 6.07) is -0.777. The number of carbonyl (C=O) groups is 3. The van der Waals surface area contributed by atoms with Crippen LogP contribution >= 0.6 is 0 Å². The zero-order valence-electron chi connectivity index (χ0n) is 10.1. The van der Waals surface area contributed by atoms with Gasteiger partial charge in [-0.1, -0.05) is 13.8 Å². The molecule has 0 aliphatic carbocycles. The predicted molar refractivity (Wildman–Crippen MR) is 60.2 cm³/mol. The minimum Gasteiger partial charge on any atom is -0.478 e. The number of carbonyl (C=O) groups excluding carboxylic acids is 2. The van der Waals surface area contributed by atoms with Gasteiger partial charge >= 0.3 is 11.9 Å². The molecular weight excluding hydrogens is 226 g/mol. The number of aliphatic carboxylic acids is 1. The van der Waals surface area contributed by atoms with Crippen LogP contribution in [0.3, 0.4) is 0 Å². The fraction of sp³-hybridized carbons (Fsp3) is 0.545. The maximum absolute atomic E-state index is 11.5. The van der Waals surface area contributed by atoms with Crippen molar-refractivity contribution in [2.75, 3.05) is 6.61 Å². The second kappa shape index (κ2) is 7.43. The lowest BCUT2D eigenvalue weighted by Crippen LogP contribution is -2.44. The zero-order valence-corrected chi connectivity index (χ0v) is 10.1. The Hall–Kier alpha value is -1.85. The molecule has 0 bridgehead atoms. The molecule has 0 radical (unpaired) electrons. The molecule has 0 unspecified atom stereocenters. The Bertz CT molecular complexity index is 322. The Kier molecular flexibility index (Phi) is 6.62. The zero-order chi connectivity index (χ0) is 13.4. The highest BCUT2D eigenvalue weighted by atomic mass is 16.5. The largest absolute Gasteiger partial charge is 0.478 e. The van der Waals surface area contributed by atoms with Crippen LogP contribution in [0.15, 0.2) is 12.2 Å². The molecule has 0 saturated heterocycles. The molecular formula is C11H17NO5. The van der Waals surface area contributed by atoms with Crippen LogP contribution in [-0.4, -0.2) is 35.6 Å². The van der Waals surface area contributed by atoms with Crippen LogP contribution in [-0.2, 0) is 19.1 Å². The van der Waals surface area contributed by atoms with Crippen molar-refractivity contribution < 1.29 is 24.2 Å². The molecule has 96 valence electrons. The van der Waals surface area contributed by atoms with Gasteiger partial charge in [0.15, 0.2) is 0 Å². The molecule has 0 aromatic heterocycles. The molecule has 17 heavy (non-hydrogen) atoms. The Labute approximate surface area is 99.6 Å². The van der Waals surface area contributed by atoms with Gasteiger partial charge in [-0.2, -0.15) is 0 Å². The van der Waals surface area contributed by atoms with Crippen LogP contribution < -0.4 is 5.32 Å². The lowest BCUT2D eigenvalue weighted by atomic mass is 10.0. The van der Waals surface area contributed by atoms with E-state index in [4.69, 9.17) is 9.84 Å². The maximum Gasteiger partial charge on any atom is 0.328 e. The molecule has 0 aliphatic rings. The Morgan fingerprint density at radius 2 is 1.88 bits per heavy atom. The molecule has 1 atom stereocenters. The van der Waals surface area contributed by atoms with Crippen LogP contribution in [0.2, 0.25) is 0 Å². The monoisotopic (exact) mass is 243 g/mol. The second-order valence-electron chi connectivity index (χ2n) is 3.65. The number of amides is 1. The predicted octanol–water partition coefficient (Wildman–Crippen LogP) is 0.331. The highest BCUT2D eigenvalue weighted by molar-refractivity contribution is 5.95. The summed E-state index contributed by atoms with van der Waals surface area (Å²) in [7, 11) is 0. The third kappa shape index (κ3) is 6.34. The van der Waals surface area contributed by atoms with Crippen LogP contribution in [0.5, 0.6) is 0 Å². The first kappa shape index (κ1) is 15.2. The number of rotatable bonds is 6. The maximum atomic E-state index is 11.5. The second-order valence-corrected chi connectivity index (χ2v) is 3.65. The van der Waals surface area contributed by atoms with Gasteiger partial charge < -0.3 is 15.2 Å². The molecule has 0 rings (SSSR count). The van der Waals surface area contributed by atoms with E-state index in [1.54, 1.807) is 20.8 Å². The molecule has 0 aliphatic heterocycles. The summed E-state index contributed by atoms with van der Waals surface area (Å²) in [6.07, 6.45) is 1.56. The lowest BCUT2D eigenvalue weighted by Gasteiger charge is -2.19. The molecule has 6 heteroatoms. The first-order chi connectivity index (χ1) is 7.88. The van der Waals surface area contributed by atoms with Crippen LogP contribution in [0.1, 0.15) is 20.8 Å². The minimum atomic E-state index is -1.22. The topological polar surface area (TPSA) is 92.7 Å². The van der Waals surface area contributed by atoms with Crippen molar-refractivity contribution in [3.63, 3.8) is 0 Å². The molecule has 0 heterocycles. The van der Waals surface area contributed by atoms with E-state index < -0.39 is 23.9 Å². The van der Waals surface area contributed by atoms with E-state index in [1.165, 1.54) is 0 Å². The van der Waals surface area contributed by atoms with Gasteiger partial charge in [0.25, 0.3) is 0 Å². The molecule has 0 aromatic rings. The first-order valence-corrected chi connectivity index (χ1v) is 5.26. The van der Waals surface area contributed by atoms with Crippen molar-refractivity contribution in [3.05, 3.63) is 12.2 Å². The van der Waals surface area contributed by atoms with Gasteiger partial charge in [-0.15, -0.1) is 0 Å². The van der Waals surface area contributed by atoms with Crippen LogP contribution in [0.25, 0.3) is 0 Å². The normalized spacial score (nSPS) is 12.5. The summed E-state index contributed by atoms with van der Waals surface area (Å²) in [5.74, 6) is -2.53. The molecule has 0 fully saturated rings. The number of hydrogen-bond donors (Lipinski definition) is 2. The first-order valence-electron chi connectivity index (χ1n) is 5.26. The van der Waals surface area contributed by atoms with Gasteiger partial charge in [-0.05, 0) is 12.8 Å². The van der Waals surface area contributed by atoms with Crippen molar-refractivity contribution in [3.8, 4) is 0 Å². The summed E-state index contributed by atoms with van der Waals surface area (Å²) >= 11 is 0. The van der Waals surface area contributed by atoms with Crippen LogP contribution in [0.4, 0.5) is 0 Å². The average Bonchev–Trinajstić information content (AvgIpc) is 2.22. The molecule has 0 aromatic carbocycles. The van der Waals surface area contributed by atoms with E-state index in [9.17, 15) is 14.4 Å². The van der Waals surface area contributed by atoms with Gasteiger partial charge in [-0.25, -0.2) is 9.59 Å². The quantitative estimate of drug-likeness (QED) is 0.518.